The second kappa shape index (κ2) is 7.18. The largest absolute Gasteiger partial charge is 0.456 e. The zero-order chi connectivity index (χ0) is 25.9. The van der Waals surface area contributed by atoms with Crippen LogP contribution in [0.3, 0.4) is 0 Å². The van der Waals surface area contributed by atoms with Crippen LogP contribution >= 0.6 is 0 Å². The first-order chi connectivity index (χ1) is 19.1. The fraction of sp³-hybridized carbons (Fsp3) is 0.0811. The van der Waals surface area contributed by atoms with Gasteiger partial charge in [0.05, 0.1) is 11.0 Å². The van der Waals surface area contributed by atoms with Crippen LogP contribution in [0.25, 0.3) is 71.3 Å². The fourth-order valence-corrected chi connectivity index (χ4v) is 7.20. The molecule has 0 saturated heterocycles. The van der Waals surface area contributed by atoms with Gasteiger partial charge in [-0.25, -0.2) is 0 Å². The minimum Gasteiger partial charge on any atom is -0.456 e. The molecule has 0 fully saturated rings. The lowest BCUT2D eigenvalue weighted by molar-refractivity contribution is 0.645. The van der Waals surface area contributed by atoms with Crippen molar-refractivity contribution < 1.29 is 4.42 Å². The lowest BCUT2D eigenvalue weighted by atomic mass is 9.68. The predicted molar refractivity (Wildman–Crippen MR) is 163 cm³/mol. The monoisotopic (exact) mass is 499 g/mol. The molecule has 9 rings (SSSR count). The Morgan fingerprint density at radius 3 is 2.26 bits per heavy atom. The van der Waals surface area contributed by atoms with Crippen LogP contribution in [0.15, 0.2) is 120 Å². The summed E-state index contributed by atoms with van der Waals surface area (Å²) in [4.78, 5) is 0. The molecular formula is C37H25NO. The number of para-hydroxylation sites is 2. The Kier molecular flexibility index (Phi) is 3.89. The van der Waals surface area contributed by atoms with Crippen molar-refractivity contribution in [3.63, 3.8) is 0 Å². The molecule has 39 heavy (non-hydrogen) atoms. The molecule has 0 saturated carbocycles. The Bertz CT molecular complexity index is 2310. The van der Waals surface area contributed by atoms with Crippen LogP contribution in [0.5, 0.6) is 0 Å². The molecule has 0 N–H and O–H groups in total. The summed E-state index contributed by atoms with van der Waals surface area (Å²) in [5.41, 5.74) is 10.8. The van der Waals surface area contributed by atoms with Crippen LogP contribution in [0.1, 0.15) is 25.0 Å². The topological polar surface area (TPSA) is 18.1 Å². The van der Waals surface area contributed by atoms with Crippen molar-refractivity contribution in [1.82, 2.24) is 4.57 Å². The quantitative estimate of drug-likeness (QED) is 0.220. The van der Waals surface area contributed by atoms with Crippen LogP contribution in [-0.2, 0) is 5.41 Å². The predicted octanol–water partition coefficient (Wildman–Crippen LogP) is 10.1. The number of rotatable bonds is 1. The molecule has 0 atom stereocenters. The number of hydrogen-bond donors (Lipinski definition) is 0. The number of furan rings is 1. The molecule has 8 aromatic rings. The van der Waals surface area contributed by atoms with E-state index in [1.54, 1.807) is 0 Å². The summed E-state index contributed by atoms with van der Waals surface area (Å²) in [6.07, 6.45) is 0. The van der Waals surface area contributed by atoms with Crippen LogP contribution in [0.2, 0.25) is 0 Å². The molecule has 0 unspecified atom stereocenters. The van der Waals surface area contributed by atoms with E-state index >= 15 is 0 Å². The van der Waals surface area contributed by atoms with Crippen molar-refractivity contribution in [2.45, 2.75) is 19.3 Å². The van der Waals surface area contributed by atoms with E-state index in [-0.39, 0.29) is 5.41 Å². The minimum absolute atomic E-state index is 0.0811. The lowest BCUT2D eigenvalue weighted by Gasteiger charge is -2.35. The van der Waals surface area contributed by atoms with Gasteiger partial charge in [-0.05, 0) is 63.9 Å². The number of aromatic nitrogens is 1. The van der Waals surface area contributed by atoms with Gasteiger partial charge in [0.25, 0.3) is 0 Å². The first kappa shape index (κ1) is 21.2. The summed E-state index contributed by atoms with van der Waals surface area (Å²) < 4.78 is 8.67. The molecule has 6 aromatic carbocycles. The van der Waals surface area contributed by atoms with Crippen molar-refractivity contribution in [2.24, 2.45) is 0 Å². The summed E-state index contributed by atoms with van der Waals surface area (Å²) in [5, 5.41) is 7.53. The molecule has 0 amide bonds. The summed E-state index contributed by atoms with van der Waals surface area (Å²) in [7, 11) is 0. The van der Waals surface area contributed by atoms with Crippen molar-refractivity contribution >= 4 is 54.5 Å². The number of fused-ring (bicyclic) bond motifs is 9. The highest BCUT2D eigenvalue weighted by Gasteiger charge is 2.35. The van der Waals surface area contributed by atoms with Crippen LogP contribution in [0, 0.1) is 0 Å². The summed E-state index contributed by atoms with van der Waals surface area (Å²) in [6.45, 7) is 4.72. The van der Waals surface area contributed by atoms with Crippen molar-refractivity contribution in [1.29, 1.82) is 0 Å². The highest BCUT2D eigenvalue weighted by Crippen LogP contribution is 2.52. The molecule has 2 heteroatoms. The third-order valence-electron chi connectivity index (χ3n) is 8.96. The highest BCUT2D eigenvalue weighted by molar-refractivity contribution is 6.23. The minimum atomic E-state index is -0.0811. The molecule has 2 aromatic heterocycles. The first-order valence-electron chi connectivity index (χ1n) is 13.6. The Balaban J connectivity index is 1.52. The molecule has 2 nitrogen and oxygen atoms in total. The van der Waals surface area contributed by atoms with Gasteiger partial charge in [-0.15, -0.1) is 0 Å². The van der Waals surface area contributed by atoms with E-state index in [0.717, 1.165) is 27.6 Å². The second-order valence-electron chi connectivity index (χ2n) is 11.4. The van der Waals surface area contributed by atoms with Gasteiger partial charge < -0.3 is 8.98 Å². The third-order valence-corrected chi connectivity index (χ3v) is 8.96. The number of nitrogens with zero attached hydrogens (tertiary/aromatic N) is 1. The van der Waals surface area contributed by atoms with Gasteiger partial charge >= 0.3 is 0 Å². The Morgan fingerprint density at radius 1 is 0.590 bits per heavy atom. The summed E-state index contributed by atoms with van der Waals surface area (Å²) in [5.74, 6) is 0. The molecule has 2 heterocycles. The maximum absolute atomic E-state index is 6.19. The molecule has 0 radical (unpaired) electrons. The maximum atomic E-state index is 6.19. The molecule has 0 bridgehead atoms. The SMILES string of the molecule is CC1(C)c2ccccc2-c2c3c1cccc3cc1c3ccccc3n(-c3ccc4oc5ccccc5c4c3)c21. The second-order valence-corrected chi connectivity index (χ2v) is 11.4. The fourth-order valence-electron chi connectivity index (χ4n) is 7.20. The molecule has 1 aliphatic carbocycles. The average Bonchev–Trinajstić information content (AvgIpc) is 3.50. The van der Waals surface area contributed by atoms with Gasteiger partial charge in [-0.1, -0.05) is 92.7 Å². The normalized spacial score (nSPS) is 14.1. The summed E-state index contributed by atoms with van der Waals surface area (Å²) in [6, 6.07) is 42.0. The van der Waals surface area contributed by atoms with E-state index in [9.17, 15) is 0 Å². The van der Waals surface area contributed by atoms with Gasteiger partial charge in [0.15, 0.2) is 0 Å². The Hall–Kier alpha value is -4.82. The molecule has 0 aliphatic heterocycles. The standard InChI is InChI=1S/C37H25NO/c1-37(2)29-14-6-3-13-26(29)35-34-22(10-9-15-30(34)37)20-28-24-11-4-7-16-31(24)38(36(28)35)23-18-19-33-27(21-23)25-12-5-8-17-32(25)39-33/h3-21H,1-2H3. The van der Waals surface area contributed by atoms with Gasteiger partial charge in [-0.3, -0.25) is 0 Å². The zero-order valence-electron chi connectivity index (χ0n) is 21.8. The van der Waals surface area contributed by atoms with Gasteiger partial charge in [0, 0.05) is 38.2 Å². The smallest absolute Gasteiger partial charge is 0.135 e. The summed E-state index contributed by atoms with van der Waals surface area (Å²) >= 11 is 0. The Labute approximate surface area is 225 Å². The van der Waals surface area contributed by atoms with E-state index in [0.29, 0.717) is 0 Å². The number of hydrogen-bond acceptors (Lipinski definition) is 1. The van der Waals surface area contributed by atoms with Gasteiger partial charge in [-0.2, -0.15) is 0 Å². The van der Waals surface area contributed by atoms with Gasteiger partial charge in [0.2, 0.25) is 0 Å². The Morgan fingerprint density at radius 2 is 1.33 bits per heavy atom. The van der Waals surface area contributed by atoms with E-state index < -0.39 is 0 Å². The van der Waals surface area contributed by atoms with Crippen LogP contribution < -0.4 is 0 Å². The van der Waals surface area contributed by atoms with Crippen LogP contribution in [-0.4, -0.2) is 4.57 Å². The van der Waals surface area contributed by atoms with Crippen molar-refractivity contribution in [2.75, 3.05) is 0 Å². The lowest BCUT2D eigenvalue weighted by Crippen LogP contribution is -2.23. The van der Waals surface area contributed by atoms with Gasteiger partial charge in [0.1, 0.15) is 11.2 Å². The molecular weight excluding hydrogens is 474 g/mol. The maximum Gasteiger partial charge on any atom is 0.135 e. The van der Waals surface area contributed by atoms with E-state index in [1.165, 1.54) is 54.8 Å². The van der Waals surface area contributed by atoms with E-state index in [2.05, 4.69) is 122 Å². The van der Waals surface area contributed by atoms with Crippen molar-refractivity contribution in [3.05, 3.63) is 126 Å². The van der Waals surface area contributed by atoms with Crippen molar-refractivity contribution in [3.8, 4) is 16.8 Å². The average molecular weight is 500 g/mol. The molecule has 184 valence electrons. The first-order valence-corrected chi connectivity index (χ1v) is 13.6. The van der Waals surface area contributed by atoms with E-state index in [1.807, 2.05) is 12.1 Å². The molecule has 1 aliphatic rings. The van der Waals surface area contributed by atoms with E-state index in [4.69, 9.17) is 4.42 Å². The van der Waals surface area contributed by atoms with Crippen LogP contribution in [0.4, 0.5) is 0 Å². The third kappa shape index (κ3) is 2.61. The zero-order valence-corrected chi connectivity index (χ0v) is 21.8. The number of benzene rings is 6. The molecule has 0 spiro atoms. The highest BCUT2D eigenvalue weighted by atomic mass is 16.3.